The largest absolute Gasteiger partial charge is 0.498 e. The van der Waals surface area contributed by atoms with Gasteiger partial charge in [-0.1, -0.05) is 6.08 Å². The maximum Gasteiger partial charge on any atom is 0.395 e. The average molecular weight is 545 g/mol. The summed E-state index contributed by atoms with van der Waals surface area (Å²) in [6.45, 7) is 5.38. The summed E-state index contributed by atoms with van der Waals surface area (Å²) in [5.41, 5.74) is 2.58. The van der Waals surface area contributed by atoms with E-state index in [1.807, 2.05) is 11.8 Å². The topological polar surface area (TPSA) is 92.7 Å². The molecule has 2 aromatic rings. The van der Waals surface area contributed by atoms with Gasteiger partial charge in [-0.2, -0.15) is 13.2 Å². The molecule has 1 aliphatic heterocycles. The minimum absolute atomic E-state index is 0.0565. The number of rotatable bonds is 8. The number of nitrogens with one attached hydrogen (secondary N) is 1. The standard InChI is InChI=1S/C27H31F3N6O3/c1-5-39-26-24(36-6-8-38-9-7-36)34-23(15-32-26)22-13-21(14-31-17(22)2)33-25(37)19-10-18(16-35(3)4)11-20(12-19)27(28,29)30/h6,8,10-11,13-15,20H,5,7,9,12,16H2,1-4H3,(H,33,37). The molecule has 0 bridgehead atoms. The fourth-order valence-corrected chi connectivity index (χ4v) is 4.30. The van der Waals surface area contributed by atoms with Crippen molar-refractivity contribution < 1.29 is 27.4 Å². The number of ether oxygens (including phenoxy) is 2. The Kier molecular flexibility index (Phi) is 8.54. The minimum atomic E-state index is -4.45. The van der Waals surface area contributed by atoms with Crippen molar-refractivity contribution in [1.29, 1.82) is 0 Å². The van der Waals surface area contributed by atoms with Crippen LogP contribution in [0.15, 0.2) is 54.2 Å². The van der Waals surface area contributed by atoms with Crippen molar-refractivity contribution in [3.8, 4) is 17.1 Å². The van der Waals surface area contributed by atoms with Crippen LogP contribution in [0, 0.1) is 12.8 Å². The lowest BCUT2D eigenvalue weighted by Crippen LogP contribution is -2.29. The number of halogens is 3. The summed E-state index contributed by atoms with van der Waals surface area (Å²) < 4.78 is 51.7. The van der Waals surface area contributed by atoms with Gasteiger partial charge in [0.25, 0.3) is 11.8 Å². The fourth-order valence-electron chi connectivity index (χ4n) is 4.30. The number of amides is 1. The molecule has 0 aromatic carbocycles. The summed E-state index contributed by atoms with van der Waals surface area (Å²) in [5.74, 6) is -1.46. The predicted octanol–water partition coefficient (Wildman–Crippen LogP) is 4.49. The summed E-state index contributed by atoms with van der Waals surface area (Å²) in [4.78, 5) is 30.3. The van der Waals surface area contributed by atoms with E-state index in [2.05, 4.69) is 15.3 Å². The Hall–Kier alpha value is -3.93. The number of allylic oxidation sites excluding steroid dienone is 1. The molecule has 208 valence electrons. The van der Waals surface area contributed by atoms with Gasteiger partial charge in [-0.15, -0.1) is 0 Å². The van der Waals surface area contributed by atoms with E-state index >= 15 is 0 Å². The molecule has 0 spiro atoms. The zero-order valence-corrected chi connectivity index (χ0v) is 22.2. The maximum atomic E-state index is 13.6. The fraction of sp³-hybridized carbons (Fsp3) is 0.407. The molecule has 2 aliphatic rings. The SMILES string of the molecule is CCOc1ncc(-c2cc(NC(=O)C3=CC(CN(C)C)=CC(C(F)(F)F)C3)cnc2C)nc1N1C=COCC1. The lowest BCUT2D eigenvalue weighted by Gasteiger charge is -2.25. The zero-order chi connectivity index (χ0) is 28.2. The third-order valence-electron chi connectivity index (χ3n) is 6.11. The molecule has 1 aliphatic carbocycles. The number of aromatic nitrogens is 3. The molecular weight excluding hydrogens is 513 g/mol. The van der Waals surface area contributed by atoms with Crippen LogP contribution in [0.2, 0.25) is 0 Å². The van der Waals surface area contributed by atoms with E-state index in [1.54, 1.807) is 50.6 Å². The average Bonchev–Trinajstić information content (AvgIpc) is 2.89. The lowest BCUT2D eigenvalue weighted by atomic mass is 9.89. The van der Waals surface area contributed by atoms with E-state index in [9.17, 15) is 18.0 Å². The third kappa shape index (κ3) is 6.94. The van der Waals surface area contributed by atoms with Crippen molar-refractivity contribution in [2.45, 2.75) is 26.4 Å². The number of alkyl halides is 3. The van der Waals surface area contributed by atoms with Crippen LogP contribution >= 0.6 is 0 Å². The van der Waals surface area contributed by atoms with Gasteiger partial charge in [0.05, 0.1) is 49.1 Å². The van der Waals surface area contributed by atoms with E-state index < -0.39 is 24.4 Å². The molecule has 0 saturated carbocycles. The number of carbonyl (C=O) groups excluding carboxylic acids is 1. The van der Waals surface area contributed by atoms with Crippen LogP contribution < -0.4 is 15.0 Å². The smallest absolute Gasteiger partial charge is 0.395 e. The number of likely N-dealkylation sites (N-methyl/N-ethyl adjacent to an activating group) is 1. The minimum Gasteiger partial charge on any atom is -0.498 e. The van der Waals surface area contributed by atoms with Crippen molar-refractivity contribution in [1.82, 2.24) is 19.9 Å². The zero-order valence-electron chi connectivity index (χ0n) is 22.2. The Morgan fingerprint density at radius 2 is 2.08 bits per heavy atom. The van der Waals surface area contributed by atoms with E-state index in [-0.39, 0.29) is 12.1 Å². The molecule has 0 saturated heterocycles. The highest BCUT2D eigenvalue weighted by atomic mass is 19.4. The molecule has 3 heterocycles. The van der Waals surface area contributed by atoms with Gasteiger partial charge in [-0.05, 0) is 52.1 Å². The third-order valence-corrected chi connectivity index (χ3v) is 6.11. The molecule has 1 unspecified atom stereocenters. The molecule has 1 N–H and O–H groups in total. The lowest BCUT2D eigenvalue weighted by molar-refractivity contribution is -0.161. The number of hydrogen-bond acceptors (Lipinski definition) is 8. The van der Waals surface area contributed by atoms with Gasteiger partial charge in [0.15, 0.2) is 5.82 Å². The maximum absolute atomic E-state index is 13.6. The number of hydrogen-bond donors (Lipinski definition) is 1. The molecule has 1 amide bonds. The van der Waals surface area contributed by atoms with Crippen molar-refractivity contribution in [3.05, 3.63) is 59.9 Å². The summed E-state index contributed by atoms with van der Waals surface area (Å²) in [7, 11) is 3.52. The molecule has 0 radical (unpaired) electrons. The van der Waals surface area contributed by atoms with Crippen LogP contribution in [0.5, 0.6) is 5.88 Å². The first-order valence-corrected chi connectivity index (χ1v) is 12.5. The van der Waals surface area contributed by atoms with Crippen LogP contribution in [0.4, 0.5) is 24.7 Å². The Morgan fingerprint density at radius 1 is 1.28 bits per heavy atom. The number of aryl methyl sites for hydroxylation is 1. The van der Waals surface area contributed by atoms with Crippen LogP contribution in [0.1, 0.15) is 19.0 Å². The quantitative estimate of drug-likeness (QED) is 0.520. The van der Waals surface area contributed by atoms with E-state index in [0.29, 0.717) is 59.7 Å². The molecule has 2 aromatic heterocycles. The van der Waals surface area contributed by atoms with Crippen LogP contribution in [-0.4, -0.2) is 72.3 Å². The molecule has 9 nitrogen and oxygen atoms in total. The Bertz CT molecular complexity index is 1310. The predicted molar refractivity (Wildman–Crippen MR) is 141 cm³/mol. The monoisotopic (exact) mass is 544 g/mol. The summed E-state index contributed by atoms with van der Waals surface area (Å²) >= 11 is 0. The highest BCUT2D eigenvalue weighted by Crippen LogP contribution is 2.37. The highest BCUT2D eigenvalue weighted by molar-refractivity contribution is 6.04. The number of carbonyl (C=O) groups is 1. The second-order valence-electron chi connectivity index (χ2n) is 9.48. The van der Waals surface area contributed by atoms with Gasteiger partial charge in [0, 0.05) is 29.6 Å². The van der Waals surface area contributed by atoms with E-state index in [1.165, 1.54) is 18.3 Å². The van der Waals surface area contributed by atoms with Gasteiger partial charge in [-0.25, -0.2) is 9.97 Å². The summed E-state index contributed by atoms with van der Waals surface area (Å²) in [6.07, 6.45) is 4.17. The number of anilines is 2. The van der Waals surface area contributed by atoms with Crippen LogP contribution in [-0.2, 0) is 9.53 Å². The van der Waals surface area contributed by atoms with Gasteiger partial charge in [0.1, 0.15) is 6.61 Å². The van der Waals surface area contributed by atoms with Crippen molar-refractivity contribution in [3.63, 3.8) is 0 Å². The first-order valence-electron chi connectivity index (χ1n) is 12.5. The molecular formula is C27H31F3N6O3. The van der Waals surface area contributed by atoms with Crippen molar-refractivity contribution in [2.75, 3.05) is 50.6 Å². The van der Waals surface area contributed by atoms with Crippen molar-refractivity contribution >= 4 is 17.4 Å². The Balaban J connectivity index is 1.61. The molecule has 1 atom stereocenters. The van der Waals surface area contributed by atoms with Gasteiger partial charge in [-0.3, -0.25) is 9.78 Å². The number of nitrogens with zero attached hydrogens (tertiary/aromatic N) is 5. The molecule has 12 heteroatoms. The van der Waals surface area contributed by atoms with E-state index in [0.717, 1.165) is 0 Å². The van der Waals surface area contributed by atoms with E-state index in [4.69, 9.17) is 14.5 Å². The normalized spacial score (nSPS) is 17.4. The van der Waals surface area contributed by atoms with Crippen LogP contribution in [0.3, 0.4) is 0 Å². The van der Waals surface area contributed by atoms with Gasteiger partial charge >= 0.3 is 6.18 Å². The van der Waals surface area contributed by atoms with Crippen molar-refractivity contribution in [2.24, 2.45) is 5.92 Å². The first-order chi connectivity index (χ1) is 18.5. The number of pyridine rings is 1. The second kappa shape index (κ2) is 11.9. The van der Waals surface area contributed by atoms with Gasteiger partial charge in [0.2, 0.25) is 0 Å². The van der Waals surface area contributed by atoms with Crippen LogP contribution in [0.25, 0.3) is 11.3 Å². The summed E-state index contributed by atoms with van der Waals surface area (Å²) in [6, 6.07) is 1.69. The first kappa shape index (κ1) is 28.1. The highest BCUT2D eigenvalue weighted by Gasteiger charge is 2.40. The molecule has 4 rings (SSSR count). The Labute approximate surface area is 225 Å². The molecule has 39 heavy (non-hydrogen) atoms. The van der Waals surface area contributed by atoms with Gasteiger partial charge < -0.3 is 24.6 Å². The second-order valence-corrected chi connectivity index (χ2v) is 9.48. The molecule has 0 fully saturated rings. The Morgan fingerprint density at radius 3 is 2.74 bits per heavy atom. The summed E-state index contributed by atoms with van der Waals surface area (Å²) in [5, 5.41) is 2.72.